The van der Waals surface area contributed by atoms with Gasteiger partial charge in [0.2, 0.25) is 0 Å². The van der Waals surface area contributed by atoms with Crippen LogP contribution in [0.5, 0.6) is 11.5 Å². The number of hydrogen-bond acceptors (Lipinski definition) is 4. The molecule has 0 heterocycles. The molecule has 0 unspecified atom stereocenters. The predicted octanol–water partition coefficient (Wildman–Crippen LogP) is 5.06. The van der Waals surface area contributed by atoms with Gasteiger partial charge < -0.3 is 9.47 Å². The summed E-state index contributed by atoms with van der Waals surface area (Å²) in [6, 6.07) is 19.0. The Balaban J connectivity index is 2.09. The third-order valence-electron chi connectivity index (χ3n) is 4.55. The van der Waals surface area contributed by atoms with Gasteiger partial charge in [0, 0.05) is 5.02 Å². The zero-order chi connectivity index (χ0) is 21.0. The van der Waals surface area contributed by atoms with E-state index in [1.54, 1.807) is 75.7 Å². The van der Waals surface area contributed by atoms with E-state index in [0.717, 1.165) is 5.56 Å². The molecule has 0 aliphatic carbocycles. The largest absolute Gasteiger partial charge is 0.493 e. The quantitative estimate of drug-likeness (QED) is 0.524. The van der Waals surface area contributed by atoms with Crippen LogP contribution in [0.1, 0.15) is 11.1 Å². The van der Waals surface area contributed by atoms with Crippen molar-refractivity contribution in [2.45, 2.75) is 18.4 Å². The van der Waals surface area contributed by atoms with E-state index < -0.39 is 10.0 Å². The zero-order valence-corrected chi connectivity index (χ0v) is 18.0. The lowest BCUT2D eigenvalue weighted by Crippen LogP contribution is -2.31. The van der Waals surface area contributed by atoms with Gasteiger partial charge in [-0.05, 0) is 60.5 Å². The lowest BCUT2D eigenvalue weighted by Gasteiger charge is -2.26. The van der Waals surface area contributed by atoms with Gasteiger partial charge in [-0.3, -0.25) is 4.31 Å². The van der Waals surface area contributed by atoms with E-state index in [1.165, 1.54) is 4.31 Å². The third kappa shape index (κ3) is 4.49. The Kier molecular flexibility index (Phi) is 6.35. The van der Waals surface area contributed by atoms with Gasteiger partial charge in [-0.1, -0.05) is 35.9 Å². The highest BCUT2D eigenvalue weighted by atomic mass is 35.5. The molecule has 0 aromatic heterocycles. The molecular weight excluding hydrogens is 410 g/mol. The first kappa shape index (κ1) is 21.0. The fraction of sp³-hybridized carbons (Fsp3) is 0.182. The first-order valence-electron chi connectivity index (χ1n) is 8.91. The van der Waals surface area contributed by atoms with Crippen LogP contribution in [0.15, 0.2) is 71.6 Å². The standard InChI is InChI=1S/C22H22ClNO4S/c1-16-6-4-5-7-22(16)29(25,26)24(19-11-9-18(23)10-12-19)15-17-8-13-20(27-2)21(14-17)28-3/h4-14H,15H2,1-3H3. The number of methoxy groups -OCH3 is 2. The summed E-state index contributed by atoms with van der Waals surface area (Å²) < 4.78 is 39.1. The summed E-state index contributed by atoms with van der Waals surface area (Å²) in [5, 5.41) is 0.535. The van der Waals surface area contributed by atoms with Crippen LogP contribution < -0.4 is 13.8 Å². The Morgan fingerprint density at radius 1 is 0.897 bits per heavy atom. The predicted molar refractivity (Wildman–Crippen MR) is 116 cm³/mol. The smallest absolute Gasteiger partial charge is 0.264 e. The van der Waals surface area contributed by atoms with Crippen molar-refractivity contribution in [3.05, 3.63) is 82.9 Å². The molecule has 0 atom stereocenters. The van der Waals surface area contributed by atoms with Crippen LogP contribution >= 0.6 is 11.6 Å². The number of rotatable bonds is 7. The van der Waals surface area contributed by atoms with Crippen molar-refractivity contribution in [2.75, 3.05) is 18.5 Å². The Labute approximate surface area is 176 Å². The molecule has 5 nitrogen and oxygen atoms in total. The molecule has 0 amide bonds. The molecule has 3 rings (SSSR count). The molecule has 0 bridgehead atoms. The molecule has 0 aliphatic heterocycles. The molecule has 0 spiro atoms. The van der Waals surface area contributed by atoms with E-state index in [1.807, 2.05) is 12.1 Å². The Morgan fingerprint density at radius 3 is 2.17 bits per heavy atom. The normalized spacial score (nSPS) is 11.2. The number of halogens is 1. The van der Waals surface area contributed by atoms with E-state index in [4.69, 9.17) is 21.1 Å². The van der Waals surface area contributed by atoms with Crippen molar-refractivity contribution in [3.8, 4) is 11.5 Å². The van der Waals surface area contributed by atoms with Gasteiger partial charge in [0.25, 0.3) is 10.0 Å². The zero-order valence-electron chi connectivity index (χ0n) is 16.4. The van der Waals surface area contributed by atoms with Gasteiger partial charge in [0.1, 0.15) is 0 Å². The second-order valence-corrected chi connectivity index (χ2v) is 8.71. The summed E-state index contributed by atoms with van der Waals surface area (Å²) in [5.74, 6) is 1.12. The first-order chi connectivity index (χ1) is 13.9. The molecule has 152 valence electrons. The number of aryl methyl sites for hydroxylation is 1. The molecule has 0 aliphatic rings. The Bertz CT molecular complexity index is 1100. The average Bonchev–Trinajstić information content (AvgIpc) is 2.72. The molecule has 29 heavy (non-hydrogen) atoms. The van der Waals surface area contributed by atoms with Crippen molar-refractivity contribution in [2.24, 2.45) is 0 Å². The fourth-order valence-electron chi connectivity index (χ4n) is 3.03. The highest BCUT2D eigenvalue weighted by Crippen LogP contribution is 2.32. The van der Waals surface area contributed by atoms with Crippen LogP contribution in [-0.4, -0.2) is 22.6 Å². The lowest BCUT2D eigenvalue weighted by molar-refractivity contribution is 0.354. The van der Waals surface area contributed by atoms with Crippen LogP contribution in [0.3, 0.4) is 0 Å². The molecule has 0 saturated carbocycles. The summed E-state index contributed by atoms with van der Waals surface area (Å²) in [6.07, 6.45) is 0. The van der Waals surface area contributed by atoms with Gasteiger partial charge in [-0.25, -0.2) is 8.42 Å². The minimum absolute atomic E-state index is 0.124. The highest BCUT2D eigenvalue weighted by molar-refractivity contribution is 7.92. The molecule has 7 heteroatoms. The van der Waals surface area contributed by atoms with E-state index in [-0.39, 0.29) is 11.4 Å². The maximum atomic E-state index is 13.6. The summed E-state index contributed by atoms with van der Waals surface area (Å²) in [4.78, 5) is 0.260. The van der Waals surface area contributed by atoms with Crippen LogP contribution in [0.4, 0.5) is 5.69 Å². The Hall–Kier alpha value is -2.70. The van der Waals surface area contributed by atoms with Gasteiger partial charge in [-0.15, -0.1) is 0 Å². The molecule has 0 fully saturated rings. The molecule has 3 aromatic rings. The minimum atomic E-state index is -3.81. The van der Waals surface area contributed by atoms with Crippen molar-refractivity contribution in [1.82, 2.24) is 0 Å². The van der Waals surface area contributed by atoms with E-state index in [2.05, 4.69) is 0 Å². The second kappa shape index (κ2) is 8.76. The number of nitrogens with zero attached hydrogens (tertiary/aromatic N) is 1. The van der Waals surface area contributed by atoms with Crippen molar-refractivity contribution >= 4 is 27.3 Å². The first-order valence-corrected chi connectivity index (χ1v) is 10.7. The average molecular weight is 432 g/mol. The van der Waals surface area contributed by atoms with Crippen LogP contribution in [0.2, 0.25) is 5.02 Å². The van der Waals surface area contributed by atoms with E-state index in [0.29, 0.717) is 27.8 Å². The van der Waals surface area contributed by atoms with Crippen molar-refractivity contribution in [3.63, 3.8) is 0 Å². The van der Waals surface area contributed by atoms with Gasteiger partial charge >= 0.3 is 0 Å². The molecular formula is C22H22ClNO4S. The molecule has 3 aromatic carbocycles. The monoisotopic (exact) mass is 431 g/mol. The molecule has 0 saturated heterocycles. The number of anilines is 1. The van der Waals surface area contributed by atoms with Gasteiger partial charge in [0.15, 0.2) is 11.5 Å². The maximum Gasteiger partial charge on any atom is 0.264 e. The highest BCUT2D eigenvalue weighted by Gasteiger charge is 2.27. The summed E-state index contributed by atoms with van der Waals surface area (Å²) >= 11 is 6.01. The summed E-state index contributed by atoms with van der Waals surface area (Å²) in [5.41, 5.74) is 1.96. The summed E-state index contributed by atoms with van der Waals surface area (Å²) in [6.45, 7) is 1.90. The van der Waals surface area contributed by atoms with Crippen molar-refractivity contribution in [1.29, 1.82) is 0 Å². The summed E-state index contributed by atoms with van der Waals surface area (Å²) in [7, 11) is -0.713. The third-order valence-corrected chi connectivity index (χ3v) is 6.74. The minimum Gasteiger partial charge on any atom is -0.493 e. The van der Waals surface area contributed by atoms with Crippen LogP contribution in [0.25, 0.3) is 0 Å². The number of hydrogen-bond donors (Lipinski definition) is 0. The second-order valence-electron chi connectivity index (χ2n) is 6.44. The fourth-order valence-corrected chi connectivity index (χ4v) is 4.84. The molecule has 0 radical (unpaired) electrons. The SMILES string of the molecule is COc1ccc(CN(c2ccc(Cl)cc2)S(=O)(=O)c2ccccc2C)cc1OC. The number of ether oxygens (including phenoxy) is 2. The lowest BCUT2D eigenvalue weighted by atomic mass is 10.2. The topological polar surface area (TPSA) is 55.8 Å². The maximum absolute atomic E-state index is 13.6. The van der Waals surface area contributed by atoms with E-state index >= 15 is 0 Å². The van der Waals surface area contributed by atoms with E-state index in [9.17, 15) is 8.42 Å². The van der Waals surface area contributed by atoms with Crippen molar-refractivity contribution < 1.29 is 17.9 Å². The molecule has 0 N–H and O–H groups in total. The number of sulfonamides is 1. The Morgan fingerprint density at radius 2 is 1.55 bits per heavy atom. The van der Waals surface area contributed by atoms with Crippen LogP contribution in [-0.2, 0) is 16.6 Å². The van der Waals surface area contributed by atoms with Gasteiger partial charge in [-0.2, -0.15) is 0 Å². The van der Waals surface area contributed by atoms with Gasteiger partial charge in [0.05, 0.1) is 31.3 Å². The van der Waals surface area contributed by atoms with Crippen LogP contribution in [0, 0.1) is 6.92 Å². The number of benzene rings is 3.